The lowest BCUT2D eigenvalue weighted by Crippen LogP contribution is -2.40. The topological polar surface area (TPSA) is 57.7 Å². The standard InChI is InChI=1S/C15H17F2N3OS.C5H9NO/c1-19-7-9-20(10-8-19)22-13-4-2-3-12-11(13)5-6-18-14(12)21-15(16)17;7-4-3-6-5-1-2-5/h2-6,15H,7-10H2,1H3;4-6H,1-3H2. The number of piperazine rings is 1. The van der Waals surface area contributed by atoms with Crippen LogP contribution in [-0.4, -0.2) is 72.9 Å². The molecule has 0 spiro atoms. The highest BCUT2D eigenvalue weighted by molar-refractivity contribution is 7.97. The molecule has 1 aliphatic heterocycles. The first-order valence-corrected chi connectivity index (χ1v) is 10.4. The Bertz CT molecular complexity index is 799. The molecule has 0 unspecified atom stereocenters. The molecule has 158 valence electrons. The smallest absolute Gasteiger partial charge is 0.388 e. The number of benzene rings is 1. The van der Waals surface area contributed by atoms with E-state index in [1.54, 1.807) is 18.0 Å². The summed E-state index contributed by atoms with van der Waals surface area (Å²) in [5, 5.41) is 4.54. The van der Waals surface area contributed by atoms with E-state index in [1.165, 1.54) is 19.0 Å². The van der Waals surface area contributed by atoms with Crippen molar-refractivity contribution in [3.05, 3.63) is 30.5 Å². The van der Waals surface area contributed by atoms with Gasteiger partial charge in [-0.05, 0) is 50.0 Å². The van der Waals surface area contributed by atoms with Crippen LogP contribution < -0.4 is 10.1 Å². The van der Waals surface area contributed by atoms with Gasteiger partial charge in [0.05, 0.1) is 6.54 Å². The lowest BCUT2D eigenvalue weighted by molar-refractivity contribution is -0.107. The lowest BCUT2D eigenvalue weighted by Gasteiger charge is -2.31. The highest BCUT2D eigenvalue weighted by atomic mass is 32.2. The van der Waals surface area contributed by atoms with Gasteiger partial charge in [-0.2, -0.15) is 8.78 Å². The van der Waals surface area contributed by atoms with E-state index in [9.17, 15) is 13.6 Å². The second kappa shape index (κ2) is 10.8. The maximum Gasteiger partial charge on any atom is 0.388 e. The zero-order valence-corrected chi connectivity index (χ0v) is 17.2. The summed E-state index contributed by atoms with van der Waals surface area (Å²) in [4.78, 5) is 16.9. The molecule has 0 bridgehead atoms. The van der Waals surface area contributed by atoms with Crippen LogP contribution in [0.3, 0.4) is 0 Å². The number of nitrogens with zero attached hydrogens (tertiary/aromatic N) is 3. The molecule has 2 heterocycles. The minimum Gasteiger partial charge on any atom is -0.416 e. The van der Waals surface area contributed by atoms with Crippen LogP contribution in [0.1, 0.15) is 12.8 Å². The maximum absolute atomic E-state index is 12.5. The average molecular weight is 425 g/mol. The fourth-order valence-corrected chi connectivity index (χ4v) is 3.97. The summed E-state index contributed by atoms with van der Waals surface area (Å²) in [7, 11) is 2.11. The van der Waals surface area contributed by atoms with Gasteiger partial charge >= 0.3 is 6.61 Å². The first-order valence-electron chi connectivity index (χ1n) is 9.68. The molecule has 2 aromatic rings. The molecule has 1 N–H and O–H groups in total. The van der Waals surface area contributed by atoms with Crippen molar-refractivity contribution in [1.82, 2.24) is 19.5 Å². The summed E-state index contributed by atoms with van der Waals surface area (Å²) < 4.78 is 31.8. The quantitative estimate of drug-likeness (QED) is 0.542. The van der Waals surface area contributed by atoms with Crippen LogP contribution >= 0.6 is 11.9 Å². The third-order valence-corrected chi connectivity index (χ3v) is 5.86. The maximum atomic E-state index is 12.5. The van der Waals surface area contributed by atoms with Crippen LogP contribution in [0, 0.1) is 0 Å². The van der Waals surface area contributed by atoms with E-state index in [-0.39, 0.29) is 5.88 Å². The van der Waals surface area contributed by atoms with E-state index in [0.717, 1.165) is 42.7 Å². The molecule has 1 aliphatic carbocycles. The van der Waals surface area contributed by atoms with Crippen LogP contribution in [0.2, 0.25) is 0 Å². The van der Waals surface area contributed by atoms with Crippen molar-refractivity contribution in [2.45, 2.75) is 30.4 Å². The van der Waals surface area contributed by atoms with Crippen molar-refractivity contribution in [2.24, 2.45) is 0 Å². The summed E-state index contributed by atoms with van der Waals surface area (Å²) in [5.41, 5.74) is 0. The minimum atomic E-state index is -2.87. The third kappa shape index (κ3) is 6.88. The molecule has 1 aromatic heterocycles. The third-order valence-electron chi connectivity index (χ3n) is 4.69. The molecule has 0 atom stereocenters. The highest BCUT2D eigenvalue weighted by Gasteiger charge is 2.19. The van der Waals surface area contributed by atoms with Gasteiger partial charge in [-0.25, -0.2) is 9.29 Å². The Hall–Kier alpha value is -1.81. The predicted molar refractivity (Wildman–Crippen MR) is 110 cm³/mol. The second-order valence-corrected chi connectivity index (χ2v) is 8.16. The number of rotatable bonds is 7. The average Bonchev–Trinajstić information content (AvgIpc) is 3.53. The van der Waals surface area contributed by atoms with Gasteiger partial charge in [0.2, 0.25) is 5.88 Å². The van der Waals surface area contributed by atoms with Gasteiger partial charge in [-0.1, -0.05) is 6.07 Å². The van der Waals surface area contributed by atoms with Crippen molar-refractivity contribution in [3.8, 4) is 5.88 Å². The zero-order chi connectivity index (χ0) is 20.6. The Morgan fingerprint density at radius 1 is 1.24 bits per heavy atom. The fraction of sp³-hybridized carbons (Fsp3) is 0.500. The van der Waals surface area contributed by atoms with E-state index in [2.05, 4.69) is 31.3 Å². The number of hydrogen-bond donors (Lipinski definition) is 1. The van der Waals surface area contributed by atoms with Gasteiger partial charge in [0.15, 0.2) is 0 Å². The number of carbonyl (C=O) groups is 1. The molecule has 0 amide bonds. The van der Waals surface area contributed by atoms with Crippen molar-refractivity contribution >= 4 is 29.0 Å². The van der Waals surface area contributed by atoms with Crippen molar-refractivity contribution in [2.75, 3.05) is 39.8 Å². The molecule has 0 radical (unpaired) electrons. The summed E-state index contributed by atoms with van der Waals surface area (Å²) in [6, 6.07) is 8.11. The number of nitrogens with one attached hydrogen (secondary N) is 1. The summed E-state index contributed by atoms with van der Waals surface area (Å²) in [5.74, 6) is -0.0201. The van der Waals surface area contributed by atoms with Crippen LogP contribution in [-0.2, 0) is 4.79 Å². The number of pyridine rings is 1. The molecule has 6 nitrogen and oxygen atoms in total. The van der Waals surface area contributed by atoms with Gasteiger partial charge < -0.3 is 19.7 Å². The molecule has 29 heavy (non-hydrogen) atoms. The van der Waals surface area contributed by atoms with Gasteiger partial charge in [-0.3, -0.25) is 0 Å². The Kier molecular flexibility index (Phi) is 8.17. The second-order valence-electron chi connectivity index (χ2n) is 7.02. The number of fused-ring (bicyclic) bond motifs is 1. The van der Waals surface area contributed by atoms with E-state index in [0.29, 0.717) is 18.0 Å². The highest BCUT2D eigenvalue weighted by Crippen LogP contribution is 2.34. The number of alkyl halides is 2. The monoisotopic (exact) mass is 424 g/mol. The molecular weight excluding hydrogens is 398 g/mol. The Labute approximate surface area is 173 Å². The number of carbonyl (C=O) groups excluding carboxylic acids is 1. The largest absolute Gasteiger partial charge is 0.416 e. The number of aldehydes is 1. The molecule has 1 saturated carbocycles. The van der Waals surface area contributed by atoms with Gasteiger partial charge in [0.25, 0.3) is 0 Å². The van der Waals surface area contributed by atoms with Gasteiger partial charge in [0.1, 0.15) is 6.29 Å². The van der Waals surface area contributed by atoms with E-state index >= 15 is 0 Å². The summed E-state index contributed by atoms with van der Waals surface area (Å²) >= 11 is 1.66. The predicted octanol–water partition coefficient (Wildman–Crippen LogP) is 3.03. The van der Waals surface area contributed by atoms with Crippen molar-refractivity contribution in [3.63, 3.8) is 0 Å². The van der Waals surface area contributed by atoms with Gasteiger partial charge in [0, 0.05) is 54.1 Å². The molecule has 2 fully saturated rings. The first kappa shape index (κ1) is 21.9. The van der Waals surface area contributed by atoms with Crippen molar-refractivity contribution < 1.29 is 18.3 Å². The molecule has 9 heteroatoms. The van der Waals surface area contributed by atoms with Crippen molar-refractivity contribution in [1.29, 1.82) is 0 Å². The molecule has 2 aliphatic rings. The zero-order valence-electron chi connectivity index (χ0n) is 16.4. The molecular formula is C20H26F2N4O2S. The Morgan fingerprint density at radius 3 is 2.66 bits per heavy atom. The molecule has 4 rings (SSSR count). The lowest BCUT2D eigenvalue weighted by atomic mass is 10.2. The van der Waals surface area contributed by atoms with E-state index in [4.69, 9.17) is 0 Å². The van der Waals surface area contributed by atoms with Gasteiger partial charge in [-0.15, -0.1) is 0 Å². The Balaban J connectivity index is 0.000000290. The summed E-state index contributed by atoms with van der Waals surface area (Å²) in [6.07, 6.45) is 4.92. The van der Waals surface area contributed by atoms with Crippen LogP contribution in [0.4, 0.5) is 8.78 Å². The van der Waals surface area contributed by atoms with Crippen LogP contribution in [0.15, 0.2) is 35.4 Å². The minimum absolute atomic E-state index is 0.0201. The van der Waals surface area contributed by atoms with Crippen LogP contribution in [0.5, 0.6) is 5.88 Å². The van der Waals surface area contributed by atoms with Crippen LogP contribution in [0.25, 0.3) is 10.8 Å². The normalized spacial score (nSPS) is 17.8. The Morgan fingerprint density at radius 2 is 2.00 bits per heavy atom. The number of aromatic nitrogens is 1. The number of ether oxygens (including phenoxy) is 1. The number of hydrogen-bond acceptors (Lipinski definition) is 7. The fourth-order valence-electron chi connectivity index (χ4n) is 2.93. The molecule has 1 saturated heterocycles. The number of likely N-dealkylation sites (N-methyl/N-ethyl adjacent to an activating group) is 1. The van der Waals surface area contributed by atoms with E-state index < -0.39 is 6.61 Å². The summed E-state index contributed by atoms with van der Waals surface area (Å²) in [6.45, 7) is 1.67. The van der Waals surface area contributed by atoms with E-state index in [1.807, 2.05) is 18.2 Å². The number of halogens is 2. The first-order chi connectivity index (χ1) is 14.1. The SMILES string of the molecule is CN1CCN(Sc2cccc3c(OC(F)F)nccc23)CC1.O=CCNC1CC1. The molecule has 1 aromatic carbocycles.